The van der Waals surface area contributed by atoms with Crippen molar-refractivity contribution in [3.8, 4) is 0 Å². The number of carbonyl (C=O) groups excluding carboxylic acids is 1. The summed E-state index contributed by atoms with van der Waals surface area (Å²) in [7, 11) is -1.10. The molecule has 2 rings (SSSR count). The number of amides is 1. The minimum Gasteiger partial charge on any atom is -0.349 e. The molecule has 0 spiro atoms. The Bertz CT molecular complexity index is 520. The Morgan fingerprint density at radius 3 is 2.58 bits per heavy atom. The van der Waals surface area contributed by atoms with Gasteiger partial charge in [0, 0.05) is 18.7 Å². The lowest BCUT2D eigenvalue weighted by molar-refractivity contribution is -0.119. The largest absolute Gasteiger partial charge is 0.349 e. The molecule has 2 aliphatic heterocycles. The van der Waals surface area contributed by atoms with E-state index in [0.29, 0.717) is 11.6 Å². The van der Waals surface area contributed by atoms with Gasteiger partial charge >= 0.3 is 0 Å². The highest BCUT2D eigenvalue weighted by Crippen LogP contribution is 2.37. The maximum Gasteiger partial charge on any atom is 0.248 e. The van der Waals surface area contributed by atoms with Crippen LogP contribution in [0.15, 0.2) is 4.99 Å². The average molecular weight is 304 g/mol. The van der Waals surface area contributed by atoms with E-state index >= 15 is 0 Å². The first-order valence-corrected chi connectivity index (χ1v) is 8.99. The van der Waals surface area contributed by atoms with Crippen LogP contribution < -0.4 is 0 Å². The molecule has 7 heteroatoms. The van der Waals surface area contributed by atoms with Crippen LogP contribution in [0.4, 0.5) is 0 Å². The fraction of sp³-hybridized carbons (Fsp3) is 0.833. The molecular weight excluding hydrogens is 284 g/mol. The van der Waals surface area contributed by atoms with E-state index < -0.39 is 9.84 Å². The molecular formula is C12H20N2O3S2. The maximum atomic E-state index is 11.9. The highest BCUT2D eigenvalue weighted by molar-refractivity contribution is 8.15. The summed E-state index contributed by atoms with van der Waals surface area (Å²) in [5.41, 5.74) is -0.0812. The van der Waals surface area contributed by atoms with Crippen LogP contribution in [0.2, 0.25) is 0 Å². The molecule has 2 aliphatic rings. The number of hydrogen-bond acceptors (Lipinski definition) is 4. The van der Waals surface area contributed by atoms with Crippen molar-refractivity contribution in [2.45, 2.75) is 38.5 Å². The number of rotatable bonds is 1. The van der Waals surface area contributed by atoms with Crippen LogP contribution in [-0.4, -0.2) is 54.2 Å². The Balaban J connectivity index is 2.08. The Kier molecular flexibility index (Phi) is 3.72. The van der Waals surface area contributed by atoms with Gasteiger partial charge < -0.3 is 4.90 Å². The van der Waals surface area contributed by atoms with Crippen molar-refractivity contribution < 1.29 is 13.2 Å². The summed E-state index contributed by atoms with van der Waals surface area (Å²) in [6.07, 6.45) is 0.401. The van der Waals surface area contributed by atoms with Crippen LogP contribution in [0, 0.1) is 5.41 Å². The molecule has 0 N–H and O–H groups in total. The van der Waals surface area contributed by atoms with E-state index in [2.05, 4.69) is 4.99 Å². The number of aliphatic imine (C=N–C) groups is 1. The highest BCUT2D eigenvalue weighted by atomic mass is 32.2. The minimum absolute atomic E-state index is 0.0242. The molecule has 2 fully saturated rings. The van der Waals surface area contributed by atoms with E-state index in [4.69, 9.17) is 0 Å². The third kappa shape index (κ3) is 3.51. The van der Waals surface area contributed by atoms with Gasteiger partial charge in [-0.25, -0.2) is 8.42 Å². The van der Waals surface area contributed by atoms with Crippen LogP contribution in [0.5, 0.6) is 0 Å². The SMILES string of the molecule is CN1C(=NC(=O)CC(C)(C)C)S[C@H]2CS(=O)(=O)C[C@@H]21. The summed E-state index contributed by atoms with van der Waals surface area (Å²) in [5.74, 6) is 0.233. The number of thioether (sulfide) groups is 1. The molecule has 0 aliphatic carbocycles. The number of sulfone groups is 1. The first-order valence-electron chi connectivity index (χ1n) is 6.29. The Hall–Kier alpha value is -0.560. The Morgan fingerprint density at radius 1 is 1.42 bits per heavy atom. The van der Waals surface area contributed by atoms with Crippen molar-refractivity contribution in [2.75, 3.05) is 18.6 Å². The van der Waals surface area contributed by atoms with Crippen LogP contribution >= 0.6 is 11.8 Å². The van der Waals surface area contributed by atoms with Crippen molar-refractivity contribution >= 4 is 32.7 Å². The summed E-state index contributed by atoms with van der Waals surface area (Å²) in [4.78, 5) is 17.9. The Morgan fingerprint density at radius 2 is 2.05 bits per heavy atom. The summed E-state index contributed by atoms with van der Waals surface area (Å²) >= 11 is 1.42. The lowest BCUT2D eigenvalue weighted by Crippen LogP contribution is -2.34. The number of fused-ring (bicyclic) bond motifs is 1. The molecule has 0 aromatic rings. The fourth-order valence-electron chi connectivity index (χ4n) is 2.34. The van der Waals surface area contributed by atoms with Gasteiger partial charge in [0.25, 0.3) is 0 Å². The number of carbonyl (C=O) groups is 1. The van der Waals surface area contributed by atoms with E-state index in [1.54, 1.807) is 0 Å². The van der Waals surface area contributed by atoms with Gasteiger partial charge in [0.05, 0.1) is 17.5 Å². The van der Waals surface area contributed by atoms with Crippen LogP contribution in [0.25, 0.3) is 0 Å². The van der Waals surface area contributed by atoms with Gasteiger partial charge in [-0.2, -0.15) is 4.99 Å². The molecule has 0 unspecified atom stereocenters. The van der Waals surface area contributed by atoms with Crippen LogP contribution in [0.3, 0.4) is 0 Å². The third-order valence-electron chi connectivity index (χ3n) is 3.23. The molecule has 0 aromatic heterocycles. The van der Waals surface area contributed by atoms with Gasteiger partial charge in [-0.1, -0.05) is 32.5 Å². The number of amidine groups is 1. The molecule has 1 amide bonds. The zero-order valence-corrected chi connectivity index (χ0v) is 13.3. The molecule has 2 saturated heterocycles. The van der Waals surface area contributed by atoms with Crippen molar-refractivity contribution in [3.63, 3.8) is 0 Å². The van der Waals surface area contributed by atoms with E-state index in [1.807, 2.05) is 32.7 Å². The van der Waals surface area contributed by atoms with Crippen molar-refractivity contribution in [3.05, 3.63) is 0 Å². The summed E-state index contributed by atoms with van der Waals surface area (Å²) < 4.78 is 23.1. The summed E-state index contributed by atoms with van der Waals surface area (Å²) in [6.45, 7) is 5.99. The van der Waals surface area contributed by atoms with Gasteiger partial charge in [-0.05, 0) is 5.41 Å². The first-order chi connectivity index (χ1) is 8.57. The van der Waals surface area contributed by atoms with E-state index in [1.165, 1.54) is 11.8 Å². The lowest BCUT2D eigenvalue weighted by atomic mass is 9.92. The summed E-state index contributed by atoms with van der Waals surface area (Å²) in [6, 6.07) is -0.0313. The van der Waals surface area contributed by atoms with Gasteiger partial charge in [0.2, 0.25) is 5.91 Å². The molecule has 5 nitrogen and oxygen atoms in total. The standard InChI is InChI=1S/C12H20N2O3S2/c1-12(2,3)5-10(15)13-11-14(4)8-6-19(16,17)7-9(8)18-11/h8-9H,5-7H2,1-4H3/t8-,9-/m0/s1. The molecule has 0 aromatic carbocycles. The number of nitrogens with zero attached hydrogens (tertiary/aromatic N) is 2. The zero-order valence-electron chi connectivity index (χ0n) is 11.7. The molecule has 0 radical (unpaired) electrons. The van der Waals surface area contributed by atoms with E-state index in [0.717, 1.165) is 0 Å². The second-order valence-corrected chi connectivity index (χ2v) is 9.80. The lowest BCUT2D eigenvalue weighted by Gasteiger charge is -2.19. The first kappa shape index (κ1) is 14.8. The van der Waals surface area contributed by atoms with Crippen molar-refractivity contribution in [1.82, 2.24) is 4.90 Å². The maximum absolute atomic E-state index is 11.9. The average Bonchev–Trinajstić information content (AvgIpc) is 2.60. The number of hydrogen-bond donors (Lipinski definition) is 0. The topological polar surface area (TPSA) is 66.8 Å². The minimum atomic E-state index is -2.92. The smallest absolute Gasteiger partial charge is 0.248 e. The van der Waals surface area contributed by atoms with Gasteiger partial charge in [0.15, 0.2) is 15.0 Å². The molecule has 2 atom stereocenters. The van der Waals surface area contributed by atoms with Crippen molar-refractivity contribution in [1.29, 1.82) is 0 Å². The van der Waals surface area contributed by atoms with E-state index in [-0.39, 0.29) is 34.1 Å². The molecule has 19 heavy (non-hydrogen) atoms. The third-order valence-corrected chi connectivity index (χ3v) is 6.53. The fourth-order valence-corrected chi connectivity index (χ4v) is 6.35. The van der Waals surface area contributed by atoms with Gasteiger partial charge in [-0.3, -0.25) is 4.79 Å². The Labute approximate surface area is 118 Å². The quantitative estimate of drug-likeness (QED) is 0.727. The van der Waals surface area contributed by atoms with Gasteiger partial charge in [0.1, 0.15) is 0 Å². The van der Waals surface area contributed by atoms with Gasteiger partial charge in [-0.15, -0.1) is 0 Å². The van der Waals surface area contributed by atoms with Crippen LogP contribution in [0.1, 0.15) is 27.2 Å². The van der Waals surface area contributed by atoms with Crippen LogP contribution in [-0.2, 0) is 14.6 Å². The van der Waals surface area contributed by atoms with Crippen molar-refractivity contribution in [2.24, 2.45) is 10.4 Å². The molecule has 2 heterocycles. The molecule has 108 valence electrons. The predicted molar refractivity (Wildman–Crippen MR) is 78.1 cm³/mol. The molecule has 0 bridgehead atoms. The second-order valence-electron chi connectivity index (χ2n) is 6.44. The highest BCUT2D eigenvalue weighted by Gasteiger charge is 2.47. The monoisotopic (exact) mass is 304 g/mol. The second kappa shape index (κ2) is 4.77. The normalized spacial score (nSPS) is 31.8. The molecule has 0 saturated carbocycles. The predicted octanol–water partition coefficient (Wildman–Crippen LogP) is 1.15. The zero-order chi connectivity index (χ0) is 14.4. The summed E-state index contributed by atoms with van der Waals surface area (Å²) in [5, 5.41) is 0.690. The van der Waals surface area contributed by atoms with E-state index in [9.17, 15) is 13.2 Å².